The number of nitrogens with one attached hydrogen (secondary N) is 2. The second-order valence-corrected chi connectivity index (χ2v) is 10.4. The first kappa shape index (κ1) is 26.9. The molecule has 0 fully saturated rings. The van der Waals surface area contributed by atoms with E-state index in [9.17, 15) is 18.0 Å². The fourth-order valence-corrected chi connectivity index (χ4v) is 4.87. The van der Waals surface area contributed by atoms with Gasteiger partial charge in [0.1, 0.15) is 0 Å². The molecule has 0 saturated carbocycles. The summed E-state index contributed by atoms with van der Waals surface area (Å²) in [5, 5.41) is 9.02. The van der Waals surface area contributed by atoms with Gasteiger partial charge in [0.05, 0.1) is 23.9 Å². The van der Waals surface area contributed by atoms with Crippen LogP contribution >= 0.6 is 33.9 Å². The molecule has 0 aliphatic carbocycles. The van der Waals surface area contributed by atoms with E-state index >= 15 is 0 Å². The van der Waals surface area contributed by atoms with Crippen LogP contribution in [-0.2, 0) is 17.4 Å². The lowest BCUT2D eigenvalue weighted by Crippen LogP contribution is -2.20. The van der Waals surface area contributed by atoms with Crippen LogP contribution in [0.3, 0.4) is 0 Å². The molecule has 4 rings (SSSR count). The monoisotopic (exact) mass is 637 g/mol. The molecule has 1 amide bonds. The molecule has 2 N–H and O–H groups in total. The van der Waals surface area contributed by atoms with Crippen LogP contribution in [0.25, 0.3) is 5.69 Å². The first-order chi connectivity index (χ1) is 17.5. The maximum atomic E-state index is 12.9. The molecule has 4 aromatic rings. The summed E-state index contributed by atoms with van der Waals surface area (Å²) in [6.07, 6.45) is -2.83. The molecule has 37 heavy (non-hydrogen) atoms. The number of carbonyl (C=O) groups is 1. The summed E-state index contributed by atoms with van der Waals surface area (Å²) in [4.78, 5) is 16.7. The van der Waals surface area contributed by atoms with Crippen molar-refractivity contribution >= 4 is 56.9 Å². The Hall–Kier alpha value is -3.19. The number of hydrogen-bond acceptors (Lipinski definition) is 5. The van der Waals surface area contributed by atoms with Gasteiger partial charge < -0.3 is 9.88 Å². The second-order valence-electron chi connectivity index (χ2n) is 8.41. The average Bonchev–Trinajstić information content (AvgIpc) is 3.38. The van der Waals surface area contributed by atoms with E-state index in [0.717, 1.165) is 34.8 Å². The molecule has 0 spiro atoms. The number of benzene rings is 2. The zero-order valence-electron chi connectivity index (χ0n) is 20.2. The molecule has 0 bridgehead atoms. The van der Waals surface area contributed by atoms with Crippen LogP contribution in [0, 0.1) is 24.3 Å². The molecule has 192 valence electrons. The molecular formula is C26H23F3IN5OS. The number of carbonyl (C=O) groups excluding carboxylic acids is 1. The summed E-state index contributed by atoms with van der Waals surface area (Å²) in [6.45, 7) is 6.09. The Morgan fingerprint density at radius 3 is 2.68 bits per heavy atom. The Kier molecular flexibility index (Phi) is 8.02. The zero-order valence-corrected chi connectivity index (χ0v) is 23.1. The standard InChI is InChI=1S/C26H23F3IN5OS/c1-15-9-22(7-8-23(15)30)35-16(2)10-18(17(35)3)13-31-34-24(36)12-21-14-37-25(33-21)32-20-6-4-5-19(11-20)26(27,28)29/h4-11,13-14H,12H2,1-3H3,(H,32,33)(H,34,36)/b31-13-. The topological polar surface area (TPSA) is 71.3 Å². The van der Waals surface area contributed by atoms with Gasteiger partial charge in [0.2, 0.25) is 5.91 Å². The minimum atomic E-state index is -4.43. The third-order valence-corrected chi connectivity index (χ3v) is 7.61. The van der Waals surface area contributed by atoms with E-state index in [-0.39, 0.29) is 18.0 Å². The molecule has 2 aromatic heterocycles. The van der Waals surface area contributed by atoms with Gasteiger partial charge in [0.15, 0.2) is 5.13 Å². The van der Waals surface area contributed by atoms with Crippen molar-refractivity contribution in [3.05, 3.63) is 91.3 Å². The molecule has 0 saturated heterocycles. The number of halogens is 4. The summed E-state index contributed by atoms with van der Waals surface area (Å²) in [6, 6.07) is 13.2. The van der Waals surface area contributed by atoms with Crippen LogP contribution in [0.1, 0.15) is 33.8 Å². The van der Waals surface area contributed by atoms with Crippen LogP contribution in [0.4, 0.5) is 24.0 Å². The highest BCUT2D eigenvalue weighted by Crippen LogP contribution is 2.32. The van der Waals surface area contributed by atoms with Crippen molar-refractivity contribution < 1.29 is 18.0 Å². The molecule has 2 heterocycles. The molecule has 11 heteroatoms. The summed E-state index contributed by atoms with van der Waals surface area (Å²) in [7, 11) is 0. The number of aryl methyl sites for hydroxylation is 2. The van der Waals surface area contributed by atoms with E-state index in [1.807, 2.05) is 19.9 Å². The van der Waals surface area contributed by atoms with E-state index in [0.29, 0.717) is 10.8 Å². The number of hydrogen-bond donors (Lipinski definition) is 2. The molecule has 0 unspecified atom stereocenters. The quantitative estimate of drug-likeness (QED) is 0.131. The molecule has 0 atom stereocenters. The SMILES string of the molecule is Cc1cc(-n2c(C)cc(/C=N\NC(=O)Cc3csc(Nc4cccc(C(F)(F)F)c4)n3)c2C)ccc1I. The van der Waals surface area contributed by atoms with Gasteiger partial charge in [-0.25, -0.2) is 10.4 Å². The Bertz CT molecular complexity index is 1480. The number of nitrogens with zero attached hydrogens (tertiary/aromatic N) is 3. The maximum Gasteiger partial charge on any atom is 0.416 e. The minimum Gasteiger partial charge on any atom is -0.332 e. The third kappa shape index (κ3) is 6.58. The van der Waals surface area contributed by atoms with Gasteiger partial charge in [-0.1, -0.05) is 6.07 Å². The molecule has 0 radical (unpaired) electrons. The van der Waals surface area contributed by atoms with Crippen LogP contribution in [0.2, 0.25) is 0 Å². The van der Waals surface area contributed by atoms with Crippen LogP contribution in [0.5, 0.6) is 0 Å². The molecule has 0 aliphatic heterocycles. The normalized spacial score (nSPS) is 11.8. The van der Waals surface area contributed by atoms with Gasteiger partial charge in [0, 0.05) is 37.3 Å². The number of thiazole rings is 1. The first-order valence-corrected chi connectivity index (χ1v) is 13.1. The highest BCUT2D eigenvalue weighted by molar-refractivity contribution is 14.1. The first-order valence-electron chi connectivity index (χ1n) is 11.2. The second kappa shape index (κ2) is 11.1. The van der Waals surface area contributed by atoms with Crippen LogP contribution in [-0.4, -0.2) is 21.7 Å². The van der Waals surface area contributed by atoms with Gasteiger partial charge in [0.25, 0.3) is 0 Å². The lowest BCUT2D eigenvalue weighted by molar-refractivity contribution is -0.137. The van der Waals surface area contributed by atoms with Gasteiger partial charge in [-0.05, 0) is 91.4 Å². The Labute approximate surface area is 229 Å². The zero-order chi connectivity index (χ0) is 26.7. The largest absolute Gasteiger partial charge is 0.416 e. The molecular weight excluding hydrogens is 614 g/mol. The minimum absolute atomic E-state index is 0.0148. The highest BCUT2D eigenvalue weighted by Gasteiger charge is 2.30. The summed E-state index contributed by atoms with van der Waals surface area (Å²) < 4.78 is 42.1. The molecule has 6 nitrogen and oxygen atoms in total. The van der Waals surface area contributed by atoms with Crippen molar-refractivity contribution in [3.8, 4) is 5.69 Å². The fourth-order valence-electron chi connectivity index (χ4n) is 3.80. The predicted octanol–water partition coefficient (Wildman–Crippen LogP) is 6.92. The average molecular weight is 637 g/mol. The van der Waals surface area contributed by atoms with Crippen LogP contribution in [0.15, 0.2) is 59.0 Å². The molecule has 2 aromatic carbocycles. The van der Waals surface area contributed by atoms with Crippen molar-refractivity contribution in [1.29, 1.82) is 0 Å². The fraction of sp³-hybridized carbons (Fsp3) is 0.192. The lowest BCUT2D eigenvalue weighted by Gasteiger charge is -2.11. The third-order valence-electron chi connectivity index (χ3n) is 5.60. The predicted molar refractivity (Wildman–Crippen MR) is 149 cm³/mol. The Balaban J connectivity index is 1.36. The van der Waals surface area contributed by atoms with Crippen molar-refractivity contribution in [2.45, 2.75) is 33.4 Å². The van der Waals surface area contributed by atoms with E-state index in [1.54, 1.807) is 11.6 Å². The van der Waals surface area contributed by atoms with Crippen molar-refractivity contribution in [2.75, 3.05) is 5.32 Å². The van der Waals surface area contributed by atoms with Gasteiger partial charge in [-0.2, -0.15) is 18.3 Å². The summed E-state index contributed by atoms with van der Waals surface area (Å²) in [5.41, 5.74) is 7.71. The van der Waals surface area contributed by atoms with Gasteiger partial charge in [-0.3, -0.25) is 4.79 Å². The highest BCUT2D eigenvalue weighted by atomic mass is 127. The number of aromatic nitrogens is 2. The lowest BCUT2D eigenvalue weighted by atomic mass is 10.2. The maximum absolute atomic E-state index is 12.9. The van der Waals surface area contributed by atoms with Crippen molar-refractivity contribution in [2.24, 2.45) is 5.10 Å². The summed E-state index contributed by atoms with van der Waals surface area (Å²) >= 11 is 3.51. The van der Waals surface area contributed by atoms with E-state index in [4.69, 9.17) is 0 Å². The Morgan fingerprint density at radius 1 is 1.16 bits per heavy atom. The number of anilines is 2. The number of amides is 1. The van der Waals surface area contributed by atoms with E-state index < -0.39 is 11.7 Å². The number of rotatable bonds is 7. The van der Waals surface area contributed by atoms with E-state index in [2.05, 4.69) is 73.1 Å². The number of hydrazone groups is 1. The summed E-state index contributed by atoms with van der Waals surface area (Å²) in [5.74, 6) is -0.353. The van der Waals surface area contributed by atoms with Crippen molar-refractivity contribution in [1.82, 2.24) is 15.0 Å². The smallest absolute Gasteiger partial charge is 0.332 e. The Morgan fingerprint density at radius 2 is 1.95 bits per heavy atom. The van der Waals surface area contributed by atoms with Crippen molar-refractivity contribution in [3.63, 3.8) is 0 Å². The van der Waals surface area contributed by atoms with Gasteiger partial charge >= 0.3 is 6.18 Å². The van der Waals surface area contributed by atoms with E-state index in [1.165, 1.54) is 32.6 Å². The van der Waals surface area contributed by atoms with Crippen LogP contribution < -0.4 is 10.7 Å². The molecule has 0 aliphatic rings. The number of alkyl halides is 3. The van der Waals surface area contributed by atoms with Gasteiger partial charge in [-0.15, -0.1) is 11.3 Å².